The SMILES string of the molecule is C=C/C=C/C=C/S(=O)(=O)[O-].[Na+]. The molecule has 0 saturated carbocycles. The molecular weight excluding hydrogens is 175 g/mol. The van der Waals surface area contributed by atoms with E-state index in [-0.39, 0.29) is 29.6 Å². The molecule has 0 aliphatic heterocycles. The van der Waals surface area contributed by atoms with Crippen molar-refractivity contribution in [3.8, 4) is 0 Å². The summed E-state index contributed by atoms with van der Waals surface area (Å²) in [7, 11) is -4.22. The van der Waals surface area contributed by atoms with Gasteiger partial charge in [-0.15, -0.1) is 0 Å². The van der Waals surface area contributed by atoms with E-state index in [0.717, 1.165) is 6.08 Å². The average molecular weight is 182 g/mol. The summed E-state index contributed by atoms with van der Waals surface area (Å²) < 4.78 is 29.7. The molecule has 5 heteroatoms. The van der Waals surface area contributed by atoms with Crippen molar-refractivity contribution in [1.82, 2.24) is 0 Å². The molecule has 0 aliphatic rings. The fraction of sp³-hybridized carbons (Fsp3) is 0. The predicted molar refractivity (Wildman–Crippen MR) is 38.2 cm³/mol. The molecule has 0 radical (unpaired) electrons. The van der Waals surface area contributed by atoms with Gasteiger partial charge in [0, 0.05) is 5.41 Å². The van der Waals surface area contributed by atoms with Gasteiger partial charge in [-0.1, -0.05) is 30.9 Å². The molecular formula is C6H7NaO3S. The largest absolute Gasteiger partial charge is 1.00 e. The van der Waals surface area contributed by atoms with Crippen molar-refractivity contribution < 1.29 is 42.5 Å². The Morgan fingerprint density at radius 1 is 1.18 bits per heavy atom. The van der Waals surface area contributed by atoms with E-state index in [1.165, 1.54) is 18.2 Å². The number of rotatable bonds is 3. The van der Waals surface area contributed by atoms with Crippen molar-refractivity contribution in [3.05, 3.63) is 36.3 Å². The fourth-order valence-electron chi connectivity index (χ4n) is 0.284. The van der Waals surface area contributed by atoms with Gasteiger partial charge in [0.2, 0.25) is 0 Å². The van der Waals surface area contributed by atoms with Crippen LogP contribution in [-0.4, -0.2) is 13.0 Å². The molecule has 0 aromatic heterocycles. The molecule has 0 atom stereocenters. The standard InChI is InChI=1S/C6H8O3S.Na/c1-2-3-4-5-6-10(7,8)9;/h2-6H,1H2,(H,7,8,9);/q;+1/p-1/b4-3+,6-5+;. The molecule has 0 bridgehead atoms. The van der Waals surface area contributed by atoms with Crippen LogP contribution in [0.15, 0.2) is 36.3 Å². The van der Waals surface area contributed by atoms with Gasteiger partial charge in [-0.05, 0) is 0 Å². The first kappa shape index (κ1) is 13.7. The molecule has 0 aromatic carbocycles. The van der Waals surface area contributed by atoms with Crippen molar-refractivity contribution in [2.45, 2.75) is 0 Å². The zero-order chi connectivity index (χ0) is 8.04. The first-order chi connectivity index (χ1) is 4.56. The van der Waals surface area contributed by atoms with E-state index in [0.29, 0.717) is 5.41 Å². The molecule has 56 valence electrons. The van der Waals surface area contributed by atoms with Crippen molar-refractivity contribution in [2.24, 2.45) is 0 Å². The maximum Gasteiger partial charge on any atom is 1.00 e. The van der Waals surface area contributed by atoms with Crippen LogP contribution in [0.4, 0.5) is 0 Å². The molecule has 0 aliphatic carbocycles. The van der Waals surface area contributed by atoms with Gasteiger partial charge in [0.15, 0.2) is 0 Å². The predicted octanol–water partition coefficient (Wildman–Crippen LogP) is -2.21. The second-order valence-corrected chi connectivity index (χ2v) is 2.70. The van der Waals surface area contributed by atoms with Crippen LogP contribution in [-0.2, 0) is 10.1 Å². The van der Waals surface area contributed by atoms with E-state index >= 15 is 0 Å². The minimum absolute atomic E-state index is 0. The third-order valence-electron chi connectivity index (χ3n) is 0.604. The fourth-order valence-corrected chi connectivity index (χ4v) is 0.567. The summed E-state index contributed by atoms with van der Waals surface area (Å²) in [5.41, 5.74) is 0. The van der Waals surface area contributed by atoms with E-state index in [1.807, 2.05) is 0 Å². The summed E-state index contributed by atoms with van der Waals surface area (Å²) in [6, 6.07) is 0. The summed E-state index contributed by atoms with van der Waals surface area (Å²) in [4.78, 5) is 0. The third-order valence-corrected chi connectivity index (χ3v) is 1.09. The normalized spacial score (nSPS) is 11.7. The minimum Gasteiger partial charge on any atom is -0.744 e. The topological polar surface area (TPSA) is 57.2 Å². The molecule has 3 nitrogen and oxygen atoms in total. The molecule has 0 unspecified atom stereocenters. The molecule has 0 spiro atoms. The van der Waals surface area contributed by atoms with E-state index in [9.17, 15) is 13.0 Å². The van der Waals surface area contributed by atoms with Gasteiger partial charge >= 0.3 is 29.6 Å². The molecule has 0 amide bonds. The Morgan fingerprint density at radius 3 is 2.09 bits per heavy atom. The average Bonchev–Trinajstić information content (AvgIpc) is 1.78. The van der Waals surface area contributed by atoms with Crippen LogP contribution in [0.3, 0.4) is 0 Å². The third kappa shape index (κ3) is 13.2. The Labute approximate surface area is 88.5 Å². The molecule has 0 rings (SSSR count). The quantitative estimate of drug-likeness (QED) is 0.282. The zero-order valence-corrected chi connectivity index (χ0v) is 9.04. The van der Waals surface area contributed by atoms with Crippen LogP contribution in [0.2, 0.25) is 0 Å². The Morgan fingerprint density at radius 2 is 1.73 bits per heavy atom. The van der Waals surface area contributed by atoms with Crippen molar-refractivity contribution in [3.63, 3.8) is 0 Å². The monoisotopic (exact) mass is 182 g/mol. The van der Waals surface area contributed by atoms with Gasteiger partial charge in [0.25, 0.3) is 0 Å². The Kier molecular flexibility index (Phi) is 8.49. The number of hydrogen-bond acceptors (Lipinski definition) is 3. The summed E-state index contributed by atoms with van der Waals surface area (Å²) >= 11 is 0. The maximum absolute atomic E-state index is 9.89. The van der Waals surface area contributed by atoms with Gasteiger partial charge < -0.3 is 4.55 Å². The Hall–Kier alpha value is 0.130. The molecule has 0 saturated heterocycles. The second-order valence-electron chi connectivity index (χ2n) is 1.44. The molecule has 0 aromatic rings. The Balaban J connectivity index is 0. The smallest absolute Gasteiger partial charge is 0.744 e. The van der Waals surface area contributed by atoms with E-state index in [2.05, 4.69) is 6.58 Å². The van der Waals surface area contributed by atoms with Crippen LogP contribution in [0.5, 0.6) is 0 Å². The van der Waals surface area contributed by atoms with E-state index in [1.54, 1.807) is 0 Å². The summed E-state index contributed by atoms with van der Waals surface area (Å²) in [5, 5.41) is 0.576. The van der Waals surface area contributed by atoms with Crippen molar-refractivity contribution >= 4 is 10.1 Å². The van der Waals surface area contributed by atoms with Crippen molar-refractivity contribution in [2.75, 3.05) is 0 Å². The summed E-state index contributed by atoms with van der Waals surface area (Å²) in [6.07, 6.45) is 5.54. The van der Waals surface area contributed by atoms with Crippen LogP contribution in [0.25, 0.3) is 0 Å². The first-order valence-electron chi connectivity index (χ1n) is 2.48. The van der Waals surface area contributed by atoms with Gasteiger partial charge in [-0.3, -0.25) is 0 Å². The zero-order valence-electron chi connectivity index (χ0n) is 6.23. The molecule has 0 N–H and O–H groups in total. The number of hydrogen-bond donors (Lipinski definition) is 0. The van der Waals surface area contributed by atoms with Crippen LogP contribution < -0.4 is 29.6 Å². The van der Waals surface area contributed by atoms with Crippen LogP contribution >= 0.6 is 0 Å². The Bertz CT molecular complexity index is 251. The molecule has 11 heavy (non-hydrogen) atoms. The van der Waals surface area contributed by atoms with Crippen molar-refractivity contribution in [1.29, 1.82) is 0 Å². The minimum atomic E-state index is -4.22. The van der Waals surface area contributed by atoms with E-state index < -0.39 is 10.1 Å². The van der Waals surface area contributed by atoms with E-state index in [4.69, 9.17) is 0 Å². The van der Waals surface area contributed by atoms with Gasteiger partial charge in [0.1, 0.15) is 10.1 Å². The van der Waals surface area contributed by atoms with Crippen LogP contribution in [0, 0.1) is 0 Å². The number of allylic oxidation sites excluding steroid dienone is 4. The molecule has 0 fully saturated rings. The molecule has 0 heterocycles. The van der Waals surface area contributed by atoms with Gasteiger partial charge in [-0.2, -0.15) is 0 Å². The van der Waals surface area contributed by atoms with Crippen LogP contribution in [0.1, 0.15) is 0 Å². The maximum atomic E-state index is 9.89. The first-order valence-corrected chi connectivity index (χ1v) is 3.95. The van der Waals surface area contributed by atoms with Gasteiger partial charge in [-0.25, -0.2) is 8.42 Å². The summed E-state index contributed by atoms with van der Waals surface area (Å²) in [5.74, 6) is 0. The van der Waals surface area contributed by atoms with Gasteiger partial charge in [0.05, 0.1) is 0 Å². The summed E-state index contributed by atoms with van der Waals surface area (Å²) in [6.45, 7) is 3.35. The second kappa shape index (κ2) is 6.82.